The summed E-state index contributed by atoms with van der Waals surface area (Å²) in [6.07, 6.45) is 2.80. The first kappa shape index (κ1) is 12.5. The van der Waals surface area contributed by atoms with Crippen molar-refractivity contribution < 1.29 is 9.53 Å². The molecule has 1 N–H and O–H groups in total. The lowest BCUT2D eigenvalue weighted by atomic mass is 10.2. The van der Waals surface area contributed by atoms with E-state index in [1.54, 1.807) is 0 Å². The Kier molecular flexibility index (Phi) is 4.11. The predicted octanol–water partition coefficient (Wildman–Crippen LogP) is 1.32. The van der Waals surface area contributed by atoms with Gasteiger partial charge in [0.25, 0.3) is 0 Å². The Morgan fingerprint density at radius 1 is 1.47 bits per heavy atom. The molecular weight excluding hydrogens is 192 g/mol. The van der Waals surface area contributed by atoms with E-state index >= 15 is 0 Å². The van der Waals surface area contributed by atoms with Gasteiger partial charge in [0.15, 0.2) is 0 Å². The number of nitrogens with one attached hydrogen (secondary N) is 1. The molecule has 0 aromatic rings. The van der Waals surface area contributed by atoms with Gasteiger partial charge in [-0.3, -0.25) is 10.2 Å². The molecule has 2 fully saturated rings. The number of rotatable bonds is 0. The van der Waals surface area contributed by atoms with E-state index < -0.39 is 0 Å². The van der Waals surface area contributed by atoms with Crippen molar-refractivity contribution in [3.05, 3.63) is 0 Å². The van der Waals surface area contributed by atoms with Crippen LogP contribution < -0.4 is 5.43 Å². The number of fused-ring (bicyclic) bond motifs is 1. The van der Waals surface area contributed by atoms with Crippen LogP contribution in [0.3, 0.4) is 0 Å². The molecule has 4 nitrogen and oxygen atoms in total. The third-order valence-electron chi connectivity index (χ3n) is 2.19. The number of nitrogens with zero attached hydrogens (tertiary/aromatic N) is 1. The normalized spacial score (nSPS) is 28.3. The van der Waals surface area contributed by atoms with Crippen LogP contribution in [0.4, 0.5) is 0 Å². The van der Waals surface area contributed by atoms with Gasteiger partial charge in [0, 0.05) is 26.1 Å². The average molecular weight is 214 g/mol. The van der Waals surface area contributed by atoms with Crippen molar-refractivity contribution in [3.63, 3.8) is 0 Å². The zero-order chi connectivity index (χ0) is 11.5. The second-order valence-electron chi connectivity index (χ2n) is 5.06. The molecule has 0 aromatic carbocycles. The van der Waals surface area contributed by atoms with Crippen LogP contribution in [0.25, 0.3) is 0 Å². The largest absolute Gasteiger partial charge is 0.460 e. The highest BCUT2D eigenvalue weighted by Crippen LogP contribution is 2.21. The SMILES string of the molecule is C1CNN2CC2C1.CC(=O)OC(C)(C)C. The van der Waals surface area contributed by atoms with Gasteiger partial charge >= 0.3 is 5.97 Å². The highest BCUT2D eigenvalue weighted by molar-refractivity contribution is 5.66. The molecule has 2 unspecified atom stereocenters. The topological polar surface area (TPSA) is 41.3 Å². The van der Waals surface area contributed by atoms with Gasteiger partial charge in [0.2, 0.25) is 0 Å². The fourth-order valence-corrected chi connectivity index (χ4v) is 1.61. The van der Waals surface area contributed by atoms with Gasteiger partial charge in [-0.25, -0.2) is 5.01 Å². The number of carbonyl (C=O) groups excluding carboxylic acids is 1. The molecule has 2 rings (SSSR count). The maximum atomic E-state index is 10.2. The van der Waals surface area contributed by atoms with Gasteiger partial charge in [-0.15, -0.1) is 0 Å². The van der Waals surface area contributed by atoms with E-state index in [-0.39, 0.29) is 11.6 Å². The van der Waals surface area contributed by atoms with Crippen LogP contribution in [0.15, 0.2) is 0 Å². The third kappa shape index (κ3) is 5.74. The number of ether oxygens (including phenoxy) is 1. The van der Waals surface area contributed by atoms with Gasteiger partial charge in [-0.1, -0.05) is 0 Å². The third-order valence-corrected chi connectivity index (χ3v) is 2.19. The summed E-state index contributed by atoms with van der Waals surface area (Å²) in [4.78, 5) is 10.2. The van der Waals surface area contributed by atoms with E-state index in [4.69, 9.17) is 4.74 Å². The molecule has 0 aliphatic carbocycles. The molecular formula is C11H22N2O2. The van der Waals surface area contributed by atoms with Crippen LogP contribution >= 0.6 is 0 Å². The lowest BCUT2D eigenvalue weighted by Gasteiger charge is -2.17. The molecule has 88 valence electrons. The van der Waals surface area contributed by atoms with E-state index in [0.717, 1.165) is 6.04 Å². The Labute approximate surface area is 91.9 Å². The summed E-state index contributed by atoms with van der Waals surface area (Å²) < 4.78 is 4.80. The molecule has 2 atom stereocenters. The van der Waals surface area contributed by atoms with E-state index in [0.29, 0.717) is 0 Å². The Hall–Kier alpha value is -0.610. The van der Waals surface area contributed by atoms with E-state index in [2.05, 4.69) is 10.4 Å². The standard InChI is InChI=1S/C6H12O2.C5H10N2/c1-5(7)8-6(2,3)4;1-2-5-4-7(5)6-3-1/h1-4H3;5-6H,1-4H2. The molecule has 0 spiro atoms. The average Bonchev–Trinajstić information content (AvgIpc) is 2.77. The molecule has 2 aliphatic heterocycles. The molecule has 0 radical (unpaired) electrons. The fourth-order valence-electron chi connectivity index (χ4n) is 1.61. The van der Waals surface area contributed by atoms with Gasteiger partial charge in [0.1, 0.15) is 5.60 Å². The Balaban J connectivity index is 0.000000150. The zero-order valence-corrected chi connectivity index (χ0v) is 10.2. The van der Waals surface area contributed by atoms with Crippen LogP contribution in [-0.2, 0) is 9.53 Å². The maximum absolute atomic E-state index is 10.2. The van der Waals surface area contributed by atoms with Crippen molar-refractivity contribution in [3.8, 4) is 0 Å². The van der Waals surface area contributed by atoms with E-state index in [1.165, 1.54) is 32.9 Å². The quantitative estimate of drug-likeness (QED) is 0.488. The predicted molar refractivity (Wildman–Crippen MR) is 59.2 cm³/mol. The molecule has 4 heteroatoms. The number of esters is 1. The first-order valence-corrected chi connectivity index (χ1v) is 5.58. The van der Waals surface area contributed by atoms with Crippen molar-refractivity contribution in [2.24, 2.45) is 0 Å². The van der Waals surface area contributed by atoms with Crippen LogP contribution in [0.5, 0.6) is 0 Å². The Morgan fingerprint density at radius 2 is 2.13 bits per heavy atom. The summed E-state index contributed by atoms with van der Waals surface area (Å²) in [5, 5.41) is 2.31. The minimum absolute atomic E-state index is 0.225. The molecule has 0 aromatic heterocycles. The van der Waals surface area contributed by atoms with Gasteiger partial charge < -0.3 is 4.74 Å². The second kappa shape index (κ2) is 4.94. The molecule has 2 heterocycles. The molecule has 0 saturated carbocycles. The van der Waals surface area contributed by atoms with Crippen LogP contribution in [0, 0.1) is 0 Å². The first-order valence-electron chi connectivity index (χ1n) is 5.58. The molecule has 0 bridgehead atoms. The molecule has 0 amide bonds. The second-order valence-corrected chi connectivity index (χ2v) is 5.06. The van der Waals surface area contributed by atoms with Crippen molar-refractivity contribution >= 4 is 5.97 Å². The lowest BCUT2D eigenvalue weighted by molar-refractivity contribution is -0.151. The van der Waals surface area contributed by atoms with Crippen LogP contribution in [0.1, 0.15) is 40.5 Å². The zero-order valence-electron chi connectivity index (χ0n) is 10.2. The van der Waals surface area contributed by atoms with E-state index in [1.807, 2.05) is 20.8 Å². The number of hydrogen-bond acceptors (Lipinski definition) is 4. The summed E-state index contributed by atoms with van der Waals surface area (Å²) in [7, 11) is 0. The highest BCUT2D eigenvalue weighted by atomic mass is 16.6. The number of hydrazine groups is 1. The summed E-state index contributed by atoms with van der Waals surface area (Å²) in [6, 6.07) is 0.925. The smallest absolute Gasteiger partial charge is 0.303 e. The minimum atomic E-state index is -0.328. The highest BCUT2D eigenvalue weighted by Gasteiger charge is 2.35. The van der Waals surface area contributed by atoms with Crippen molar-refractivity contribution in [2.75, 3.05) is 13.1 Å². The fraction of sp³-hybridized carbons (Fsp3) is 0.909. The van der Waals surface area contributed by atoms with Gasteiger partial charge in [-0.2, -0.15) is 0 Å². The minimum Gasteiger partial charge on any atom is -0.460 e. The van der Waals surface area contributed by atoms with E-state index in [9.17, 15) is 4.79 Å². The Morgan fingerprint density at radius 3 is 2.40 bits per heavy atom. The monoisotopic (exact) mass is 214 g/mol. The molecule has 2 saturated heterocycles. The molecule has 15 heavy (non-hydrogen) atoms. The Bertz CT molecular complexity index is 213. The number of carbonyl (C=O) groups is 1. The maximum Gasteiger partial charge on any atom is 0.303 e. The van der Waals surface area contributed by atoms with Crippen molar-refractivity contribution in [1.82, 2.24) is 10.4 Å². The first-order chi connectivity index (χ1) is 6.88. The van der Waals surface area contributed by atoms with Crippen molar-refractivity contribution in [2.45, 2.75) is 52.2 Å². The summed E-state index contributed by atoms with van der Waals surface area (Å²) in [6.45, 7) is 9.44. The van der Waals surface area contributed by atoms with Gasteiger partial charge in [-0.05, 0) is 33.6 Å². The van der Waals surface area contributed by atoms with Crippen molar-refractivity contribution in [1.29, 1.82) is 0 Å². The van der Waals surface area contributed by atoms with Crippen LogP contribution in [0.2, 0.25) is 0 Å². The van der Waals surface area contributed by atoms with Crippen LogP contribution in [-0.4, -0.2) is 35.7 Å². The lowest BCUT2D eigenvalue weighted by Crippen LogP contribution is -2.28. The summed E-state index contributed by atoms with van der Waals surface area (Å²) >= 11 is 0. The number of hydrogen-bond donors (Lipinski definition) is 1. The van der Waals surface area contributed by atoms with Gasteiger partial charge in [0.05, 0.1) is 0 Å². The molecule has 2 aliphatic rings. The summed E-state index contributed by atoms with van der Waals surface area (Å²) in [5.74, 6) is -0.225. The summed E-state index contributed by atoms with van der Waals surface area (Å²) in [5.41, 5.74) is 2.96.